The van der Waals surface area contributed by atoms with E-state index in [2.05, 4.69) is 11.8 Å². The Hall–Kier alpha value is -1.84. The van der Waals surface area contributed by atoms with Crippen LogP contribution in [0.2, 0.25) is 0 Å². The molecular weight excluding hydrogens is 422 g/mol. The molecule has 0 atom stereocenters. The largest absolute Gasteiger partial charge is 0.460 e. The van der Waals surface area contributed by atoms with E-state index < -0.39 is 10.0 Å². The molecule has 0 aromatic heterocycles. The van der Waals surface area contributed by atoms with Crippen LogP contribution in [0.5, 0.6) is 0 Å². The monoisotopic (exact) mass is 463 g/mol. The SMILES string of the molecule is CC(C)(C)OC(=O)CCCCCCCCCCCCCC#Cc1ccc(S(N)(=O)=O)cc1. The molecule has 32 heavy (non-hydrogen) atoms. The number of hydrogen-bond acceptors (Lipinski definition) is 4. The molecule has 1 aromatic rings. The van der Waals surface area contributed by atoms with E-state index in [4.69, 9.17) is 9.88 Å². The number of carbonyl (C=O) groups excluding carboxylic acids is 1. The van der Waals surface area contributed by atoms with Gasteiger partial charge in [-0.25, -0.2) is 13.6 Å². The average molecular weight is 464 g/mol. The standard InChI is InChI=1S/C26H41NO4S/c1-26(2,3)31-25(28)18-16-14-12-10-8-6-4-5-7-9-11-13-15-17-23-19-21-24(22-20-23)32(27,29)30/h19-22H,4-14,16,18H2,1-3H3,(H2,27,29,30). The molecule has 180 valence electrons. The number of ether oxygens (including phenoxy) is 1. The predicted molar refractivity (Wildman–Crippen MR) is 131 cm³/mol. The summed E-state index contributed by atoms with van der Waals surface area (Å²) >= 11 is 0. The summed E-state index contributed by atoms with van der Waals surface area (Å²) in [6, 6.07) is 6.36. The van der Waals surface area contributed by atoms with Gasteiger partial charge in [0.15, 0.2) is 0 Å². The van der Waals surface area contributed by atoms with Gasteiger partial charge in [0.1, 0.15) is 5.60 Å². The van der Waals surface area contributed by atoms with E-state index in [1.807, 2.05) is 20.8 Å². The zero-order valence-electron chi connectivity index (χ0n) is 20.1. The van der Waals surface area contributed by atoms with Gasteiger partial charge >= 0.3 is 5.97 Å². The number of unbranched alkanes of at least 4 members (excludes halogenated alkanes) is 11. The van der Waals surface area contributed by atoms with Crippen LogP contribution in [0, 0.1) is 11.8 Å². The summed E-state index contributed by atoms with van der Waals surface area (Å²) in [6.45, 7) is 5.71. The Kier molecular flexibility index (Phi) is 13.3. The van der Waals surface area contributed by atoms with Crippen LogP contribution in [0.25, 0.3) is 0 Å². The van der Waals surface area contributed by atoms with Crippen molar-refractivity contribution in [1.82, 2.24) is 0 Å². The van der Waals surface area contributed by atoms with Crippen molar-refractivity contribution in [3.05, 3.63) is 29.8 Å². The molecule has 6 heteroatoms. The molecule has 0 fully saturated rings. The van der Waals surface area contributed by atoms with Gasteiger partial charge in [-0.1, -0.05) is 69.6 Å². The fraction of sp³-hybridized carbons (Fsp3) is 0.654. The summed E-state index contributed by atoms with van der Waals surface area (Å²) in [4.78, 5) is 11.7. The van der Waals surface area contributed by atoms with Gasteiger partial charge in [0.25, 0.3) is 0 Å². The Morgan fingerprint density at radius 3 is 1.78 bits per heavy atom. The third-order valence-corrected chi connectivity index (χ3v) is 5.95. The maximum Gasteiger partial charge on any atom is 0.306 e. The Morgan fingerprint density at radius 1 is 0.844 bits per heavy atom. The summed E-state index contributed by atoms with van der Waals surface area (Å²) in [5, 5.41) is 5.08. The van der Waals surface area contributed by atoms with Crippen LogP contribution < -0.4 is 5.14 Å². The molecule has 5 nitrogen and oxygen atoms in total. The van der Waals surface area contributed by atoms with Gasteiger partial charge in [-0.3, -0.25) is 4.79 Å². The molecule has 0 radical (unpaired) electrons. The molecular formula is C26H41NO4S. The molecule has 0 aliphatic rings. The van der Waals surface area contributed by atoms with E-state index in [-0.39, 0.29) is 16.5 Å². The second-order valence-corrected chi connectivity index (χ2v) is 10.9. The molecule has 0 aliphatic heterocycles. The van der Waals surface area contributed by atoms with Gasteiger partial charge in [0.05, 0.1) is 4.90 Å². The van der Waals surface area contributed by atoms with E-state index in [1.165, 1.54) is 63.5 Å². The van der Waals surface area contributed by atoms with Crippen molar-refractivity contribution in [2.24, 2.45) is 5.14 Å². The molecule has 0 bridgehead atoms. The van der Waals surface area contributed by atoms with Crippen molar-refractivity contribution < 1.29 is 17.9 Å². The van der Waals surface area contributed by atoms with Crippen molar-refractivity contribution in [2.75, 3.05) is 0 Å². The van der Waals surface area contributed by atoms with Crippen molar-refractivity contribution in [3.8, 4) is 11.8 Å². The maximum absolute atomic E-state index is 11.6. The van der Waals surface area contributed by atoms with Crippen molar-refractivity contribution in [1.29, 1.82) is 0 Å². The summed E-state index contributed by atoms with van der Waals surface area (Å²) < 4.78 is 27.8. The number of nitrogens with two attached hydrogens (primary N) is 1. The zero-order chi connectivity index (χ0) is 23.9. The van der Waals surface area contributed by atoms with Crippen LogP contribution in [-0.4, -0.2) is 20.0 Å². The third kappa shape index (κ3) is 15.0. The first-order valence-corrected chi connectivity index (χ1v) is 13.5. The van der Waals surface area contributed by atoms with Gasteiger partial charge < -0.3 is 4.74 Å². The molecule has 0 saturated heterocycles. The van der Waals surface area contributed by atoms with Crippen LogP contribution in [0.15, 0.2) is 29.2 Å². The average Bonchev–Trinajstić information content (AvgIpc) is 2.69. The highest BCUT2D eigenvalue weighted by atomic mass is 32.2. The topological polar surface area (TPSA) is 86.5 Å². The highest BCUT2D eigenvalue weighted by Crippen LogP contribution is 2.14. The maximum atomic E-state index is 11.6. The first-order chi connectivity index (χ1) is 15.1. The van der Waals surface area contributed by atoms with Gasteiger partial charge in [-0.05, 0) is 57.9 Å². The van der Waals surface area contributed by atoms with E-state index in [9.17, 15) is 13.2 Å². The van der Waals surface area contributed by atoms with Gasteiger partial charge in [0, 0.05) is 18.4 Å². The highest BCUT2D eigenvalue weighted by Gasteiger charge is 2.15. The van der Waals surface area contributed by atoms with Crippen molar-refractivity contribution in [3.63, 3.8) is 0 Å². The Morgan fingerprint density at radius 2 is 1.31 bits per heavy atom. The predicted octanol–water partition coefficient (Wildman–Crippen LogP) is 6.10. The van der Waals surface area contributed by atoms with Gasteiger partial charge in [0.2, 0.25) is 10.0 Å². The number of esters is 1. The van der Waals surface area contributed by atoms with E-state index >= 15 is 0 Å². The van der Waals surface area contributed by atoms with E-state index in [0.29, 0.717) is 6.42 Å². The molecule has 0 heterocycles. The van der Waals surface area contributed by atoms with E-state index in [1.54, 1.807) is 12.1 Å². The minimum absolute atomic E-state index is 0.0812. The second kappa shape index (κ2) is 15.1. The quantitative estimate of drug-likeness (QED) is 0.205. The number of sulfonamides is 1. The molecule has 1 rings (SSSR count). The lowest BCUT2D eigenvalue weighted by atomic mass is 10.0. The second-order valence-electron chi connectivity index (χ2n) is 9.35. The van der Waals surface area contributed by atoms with Crippen LogP contribution in [-0.2, 0) is 19.6 Å². The molecule has 0 amide bonds. The minimum atomic E-state index is -3.64. The van der Waals surface area contributed by atoms with Crippen molar-refractivity contribution in [2.45, 2.75) is 115 Å². The molecule has 0 aliphatic carbocycles. The van der Waals surface area contributed by atoms with Crippen molar-refractivity contribution >= 4 is 16.0 Å². The van der Waals surface area contributed by atoms with Gasteiger partial charge in [-0.2, -0.15) is 0 Å². The van der Waals surface area contributed by atoms with Crippen LogP contribution in [0.3, 0.4) is 0 Å². The normalized spacial score (nSPS) is 11.6. The summed E-state index contributed by atoms with van der Waals surface area (Å²) in [5.41, 5.74) is 0.430. The first kappa shape index (κ1) is 28.2. The lowest BCUT2D eigenvalue weighted by Gasteiger charge is -2.19. The van der Waals surface area contributed by atoms with E-state index in [0.717, 1.165) is 31.2 Å². The molecule has 0 unspecified atom stereocenters. The highest BCUT2D eigenvalue weighted by molar-refractivity contribution is 7.89. The smallest absolute Gasteiger partial charge is 0.306 e. The molecule has 0 saturated carbocycles. The fourth-order valence-electron chi connectivity index (χ4n) is 3.36. The third-order valence-electron chi connectivity index (χ3n) is 5.02. The summed E-state index contributed by atoms with van der Waals surface area (Å²) in [6.07, 6.45) is 14.6. The number of benzene rings is 1. The number of carbonyl (C=O) groups is 1. The fourth-order valence-corrected chi connectivity index (χ4v) is 3.87. The lowest BCUT2D eigenvalue weighted by molar-refractivity contribution is -0.154. The summed E-state index contributed by atoms with van der Waals surface area (Å²) in [7, 11) is -3.64. The van der Waals surface area contributed by atoms with Crippen LogP contribution in [0.4, 0.5) is 0 Å². The number of rotatable bonds is 14. The summed E-state index contributed by atoms with van der Waals surface area (Å²) in [5.74, 6) is 6.14. The number of hydrogen-bond donors (Lipinski definition) is 1. The van der Waals surface area contributed by atoms with Crippen LogP contribution >= 0.6 is 0 Å². The lowest BCUT2D eigenvalue weighted by Crippen LogP contribution is -2.23. The van der Waals surface area contributed by atoms with Crippen LogP contribution in [0.1, 0.15) is 110 Å². The Labute approximate surface area is 195 Å². The molecule has 0 spiro atoms. The zero-order valence-corrected chi connectivity index (χ0v) is 20.9. The molecule has 1 aromatic carbocycles. The number of primary sulfonamides is 1. The Bertz CT molecular complexity index is 827. The minimum Gasteiger partial charge on any atom is -0.460 e. The molecule has 2 N–H and O–H groups in total. The Balaban J connectivity index is 1.93. The first-order valence-electron chi connectivity index (χ1n) is 11.9. The van der Waals surface area contributed by atoms with Gasteiger partial charge in [-0.15, -0.1) is 0 Å².